The molecule has 1 fully saturated rings. The molecule has 1 saturated heterocycles. The van der Waals surface area contributed by atoms with Gasteiger partial charge in [0.2, 0.25) is 5.91 Å². The van der Waals surface area contributed by atoms with E-state index in [2.05, 4.69) is 5.32 Å². The summed E-state index contributed by atoms with van der Waals surface area (Å²) in [6.07, 6.45) is 0.865. The molecular weight excluding hydrogens is 240 g/mol. The highest BCUT2D eigenvalue weighted by Gasteiger charge is 2.49. The van der Waals surface area contributed by atoms with Gasteiger partial charge in [-0.2, -0.15) is 0 Å². The van der Waals surface area contributed by atoms with E-state index in [4.69, 9.17) is 5.73 Å². The van der Waals surface area contributed by atoms with Crippen LogP contribution in [0.25, 0.3) is 0 Å². The van der Waals surface area contributed by atoms with Gasteiger partial charge in [-0.1, -0.05) is 13.8 Å². The molecule has 100 valence electrons. The van der Waals surface area contributed by atoms with Gasteiger partial charge >= 0.3 is 12.1 Å². The Morgan fingerprint density at radius 3 is 2.28 bits per heavy atom. The van der Waals surface area contributed by atoms with Crippen LogP contribution in [0, 0.1) is 0 Å². The predicted molar refractivity (Wildman–Crippen MR) is 61.3 cm³/mol. The number of carbonyl (C=O) groups is 4. The van der Waals surface area contributed by atoms with Crippen LogP contribution in [0.1, 0.15) is 26.7 Å². The quantitative estimate of drug-likeness (QED) is 0.575. The van der Waals surface area contributed by atoms with Crippen LogP contribution in [-0.4, -0.2) is 40.9 Å². The number of primary amides is 1. The molecule has 1 heterocycles. The molecule has 8 heteroatoms. The summed E-state index contributed by atoms with van der Waals surface area (Å²) in [7, 11) is 0. The summed E-state index contributed by atoms with van der Waals surface area (Å²) in [5, 5.41) is 4.37. The third kappa shape index (κ3) is 2.41. The van der Waals surface area contributed by atoms with Crippen molar-refractivity contribution in [2.24, 2.45) is 5.73 Å². The zero-order valence-electron chi connectivity index (χ0n) is 10.3. The molecule has 6 amide bonds. The lowest BCUT2D eigenvalue weighted by Gasteiger charge is -2.22. The number of nitrogens with one attached hydrogen (secondary N) is 2. The van der Waals surface area contributed by atoms with E-state index >= 15 is 0 Å². The summed E-state index contributed by atoms with van der Waals surface area (Å²) in [6.45, 7) is 3.03. The van der Waals surface area contributed by atoms with Gasteiger partial charge in [0.1, 0.15) is 12.1 Å². The highest BCUT2D eigenvalue weighted by molar-refractivity contribution is 6.09. The van der Waals surface area contributed by atoms with E-state index in [-0.39, 0.29) is 0 Å². The van der Waals surface area contributed by atoms with E-state index in [9.17, 15) is 19.2 Å². The van der Waals surface area contributed by atoms with Crippen molar-refractivity contribution in [3.63, 3.8) is 0 Å². The molecule has 0 aliphatic carbocycles. The van der Waals surface area contributed by atoms with Gasteiger partial charge in [-0.3, -0.25) is 19.8 Å². The van der Waals surface area contributed by atoms with Gasteiger partial charge < -0.3 is 11.1 Å². The molecule has 8 nitrogen and oxygen atoms in total. The third-order valence-electron chi connectivity index (χ3n) is 3.02. The van der Waals surface area contributed by atoms with Gasteiger partial charge in [0.15, 0.2) is 0 Å². The van der Waals surface area contributed by atoms with Crippen molar-refractivity contribution in [1.29, 1.82) is 0 Å². The predicted octanol–water partition coefficient (Wildman–Crippen LogP) is -0.708. The van der Waals surface area contributed by atoms with E-state index in [0.717, 1.165) is 4.90 Å². The Kier molecular flexibility index (Phi) is 3.89. The summed E-state index contributed by atoms with van der Waals surface area (Å²) < 4.78 is 0. The average molecular weight is 256 g/mol. The maximum Gasteiger partial charge on any atom is 0.325 e. The number of nitrogens with zero attached hydrogens (tertiary/aromatic N) is 1. The van der Waals surface area contributed by atoms with Crippen molar-refractivity contribution in [3.8, 4) is 0 Å². The molecular formula is C10H16N4O4. The normalized spacial score (nSPS) is 17.6. The highest BCUT2D eigenvalue weighted by atomic mass is 16.2. The first-order chi connectivity index (χ1) is 8.36. The molecule has 0 radical (unpaired) electrons. The lowest BCUT2D eigenvalue weighted by atomic mass is 9.93. The maximum atomic E-state index is 12.1. The minimum absolute atomic E-state index is 0.433. The molecule has 0 aromatic carbocycles. The smallest absolute Gasteiger partial charge is 0.325 e. The molecule has 0 atom stereocenters. The van der Waals surface area contributed by atoms with Gasteiger partial charge in [-0.25, -0.2) is 9.59 Å². The number of hydrogen-bond donors (Lipinski definition) is 3. The summed E-state index contributed by atoms with van der Waals surface area (Å²) in [5.74, 6) is -1.26. The number of carbonyl (C=O) groups excluding carboxylic acids is 4. The number of rotatable bonds is 4. The van der Waals surface area contributed by atoms with Crippen molar-refractivity contribution < 1.29 is 19.2 Å². The van der Waals surface area contributed by atoms with E-state index in [1.54, 1.807) is 19.2 Å². The van der Waals surface area contributed by atoms with Crippen LogP contribution in [0.5, 0.6) is 0 Å². The fourth-order valence-electron chi connectivity index (χ4n) is 1.87. The fourth-order valence-corrected chi connectivity index (χ4v) is 1.87. The topological polar surface area (TPSA) is 122 Å². The first-order valence-electron chi connectivity index (χ1n) is 5.59. The molecule has 0 aromatic heterocycles. The van der Waals surface area contributed by atoms with Crippen molar-refractivity contribution in [2.75, 3.05) is 6.54 Å². The number of imide groups is 2. The molecule has 0 bridgehead atoms. The zero-order chi connectivity index (χ0) is 13.9. The number of urea groups is 2. The van der Waals surface area contributed by atoms with Crippen LogP contribution in [0.3, 0.4) is 0 Å². The molecule has 0 saturated carbocycles. The molecule has 1 rings (SSSR count). The van der Waals surface area contributed by atoms with Crippen molar-refractivity contribution in [1.82, 2.24) is 15.5 Å². The van der Waals surface area contributed by atoms with Gasteiger partial charge in [-0.15, -0.1) is 0 Å². The Hall–Kier alpha value is -2.12. The van der Waals surface area contributed by atoms with E-state index < -0.39 is 36.0 Å². The van der Waals surface area contributed by atoms with Crippen LogP contribution in [0.15, 0.2) is 0 Å². The Bertz CT molecular complexity index is 403. The largest absolute Gasteiger partial charge is 0.351 e. The number of nitrogens with two attached hydrogens (primary N) is 1. The van der Waals surface area contributed by atoms with Gasteiger partial charge in [0.05, 0.1) is 0 Å². The molecule has 4 N–H and O–H groups in total. The Morgan fingerprint density at radius 1 is 1.33 bits per heavy atom. The molecule has 1 aliphatic rings. The van der Waals surface area contributed by atoms with Crippen LogP contribution in [-0.2, 0) is 9.59 Å². The van der Waals surface area contributed by atoms with E-state index in [1.165, 1.54) is 0 Å². The monoisotopic (exact) mass is 256 g/mol. The first kappa shape index (κ1) is 13.9. The fraction of sp³-hybridized carbons (Fsp3) is 0.600. The van der Waals surface area contributed by atoms with Crippen molar-refractivity contribution in [2.45, 2.75) is 32.2 Å². The van der Waals surface area contributed by atoms with E-state index in [0.29, 0.717) is 12.8 Å². The zero-order valence-corrected chi connectivity index (χ0v) is 10.3. The average Bonchev–Trinajstić information content (AvgIpc) is 2.53. The SMILES string of the molecule is CCC1(CC)NC(=O)N(CC(=O)NC(N)=O)C1=O. The molecule has 0 aromatic rings. The van der Waals surface area contributed by atoms with Crippen LogP contribution < -0.4 is 16.4 Å². The van der Waals surface area contributed by atoms with Crippen molar-refractivity contribution >= 4 is 23.9 Å². The summed E-state index contributed by atoms with van der Waals surface area (Å²) >= 11 is 0. The van der Waals surface area contributed by atoms with Gasteiger partial charge in [0.25, 0.3) is 5.91 Å². The minimum Gasteiger partial charge on any atom is -0.351 e. The van der Waals surface area contributed by atoms with Crippen LogP contribution in [0.4, 0.5) is 9.59 Å². The summed E-state index contributed by atoms with van der Waals surface area (Å²) in [6, 6.07) is -1.66. The van der Waals surface area contributed by atoms with E-state index in [1.807, 2.05) is 0 Å². The standard InChI is InChI=1S/C10H16N4O4/c1-3-10(4-2)7(16)14(9(18)13-10)5-6(15)12-8(11)17/h3-5H2,1-2H3,(H,13,18)(H3,11,12,15,17). The first-order valence-corrected chi connectivity index (χ1v) is 5.59. The number of hydrogen-bond acceptors (Lipinski definition) is 4. The Labute approximate surface area is 104 Å². The second-order valence-electron chi connectivity index (χ2n) is 4.02. The van der Waals surface area contributed by atoms with Gasteiger partial charge in [-0.05, 0) is 12.8 Å². The minimum atomic E-state index is -1.02. The molecule has 0 spiro atoms. The molecule has 18 heavy (non-hydrogen) atoms. The second kappa shape index (κ2) is 5.03. The van der Waals surface area contributed by atoms with Crippen molar-refractivity contribution in [3.05, 3.63) is 0 Å². The van der Waals surface area contributed by atoms with Crippen LogP contribution >= 0.6 is 0 Å². The summed E-state index contributed by atoms with van der Waals surface area (Å²) in [5.41, 5.74) is 3.81. The van der Waals surface area contributed by atoms with Crippen LogP contribution in [0.2, 0.25) is 0 Å². The van der Waals surface area contributed by atoms with Gasteiger partial charge in [0, 0.05) is 0 Å². The summed E-state index contributed by atoms with van der Waals surface area (Å²) in [4.78, 5) is 46.3. The lowest BCUT2D eigenvalue weighted by Crippen LogP contribution is -2.47. The Balaban J connectivity index is 2.79. The molecule has 0 unspecified atom stereocenters. The third-order valence-corrected chi connectivity index (χ3v) is 3.02. The highest BCUT2D eigenvalue weighted by Crippen LogP contribution is 2.24. The molecule has 1 aliphatic heterocycles. The lowest BCUT2D eigenvalue weighted by molar-refractivity contribution is -0.134. The second-order valence-corrected chi connectivity index (χ2v) is 4.02. The Morgan fingerprint density at radius 2 is 1.89 bits per heavy atom. The maximum absolute atomic E-state index is 12.1. The number of amides is 6.